The summed E-state index contributed by atoms with van der Waals surface area (Å²) in [6.07, 6.45) is 0.957. The maximum atomic E-state index is 10.4. The molecule has 0 saturated carbocycles. The minimum atomic E-state index is 0.139. The first-order valence-electron chi connectivity index (χ1n) is 2.24. The summed E-state index contributed by atoms with van der Waals surface area (Å²) in [6, 6.07) is 0. The zero-order chi connectivity index (χ0) is 5.28. The first kappa shape index (κ1) is 5.13. The number of hydrogen-bond donors (Lipinski definition) is 1. The van der Waals surface area contributed by atoms with Crippen LogP contribution in [0.15, 0.2) is 0 Å². The molecule has 1 fully saturated rings. The summed E-state index contributed by atoms with van der Waals surface area (Å²) in [7, 11) is 0. The van der Waals surface area contributed by atoms with Crippen molar-refractivity contribution in [3.05, 3.63) is 0 Å². The Morgan fingerprint density at radius 3 is 2.71 bits per heavy atom. The van der Waals surface area contributed by atoms with E-state index in [4.69, 9.17) is 0 Å². The molecule has 1 saturated heterocycles. The molecule has 1 aliphatic rings. The van der Waals surface area contributed by atoms with E-state index in [-0.39, 0.29) is 10.7 Å². The quantitative estimate of drug-likeness (QED) is 0.477. The van der Waals surface area contributed by atoms with Gasteiger partial charge < -0.3 is 0 Å². The third-order valence-electron chi connectivity index (χ3n) is 0.998. The van der Waals surface area contributed by atoms with Crippen molar-refractivity contribution in [2.24, 2.45) is 0 Å². The zero-order valence-corrected chi connectivity index (χ0v) is 5.52. The Morgan fingerprint density at radius 2 is 2.57 bits per heavy atom. The van der Waals surface area contributed by atoms with Crippen molar-refractivity contribution in [1.29, 1.82) is 0 Å². The molecule has 0 bridgehead atoms. The molecule has 1 atom stereocenters. The van der Waals surface area contributed by atoms with Crippen LogP contribution in [0.5, 0.6) is 0 Å². The second-order valence-electron chi connectivity index (χ2n) is 1.57. The predicted octanol–water partition coefficient (Wildman–Crippen LogP) is -0.537. The fourth-order valence-electron chi connectivity index (χ4n) is 0.571. The van der Waals surface area contributed by atoms with Crippen molar-refractivity contribution >= 4 is 21.9 Å². The van der Waals surface area contributed by atoms with Crippen LogP contribution in [-0.2, 0) is 4.79 Å². The van der Waals surface area contributed by atoms with Gasteiger partial charge in [0, 0.05) is 0 Å². The standard InChI is InChI=1S/C4H6NOSe/c6-4-3(7)1-2-5-4/h3H,1-2H2,(H,5,6). The molecule has 3 heteroatoms. The van der Waals surface area contributed by atoms with E-state index < -0.39 is 0 Å². The summed E-state index contributed by atoms with van der Waals surface area (Å²) in [6.45, 7) is 0.844. The molecule has 1 amide bonds. The Labute approximate surface area is 50.5 Å². The van der Waals surface area contributed by atoms with Gasteiger partial charge in [-0.15, -0.1) is 0 Å². The Bertz CT molecular complexity index is 93.7. The van der Waals surface area contributed by atoms with Gasteiger partial charge in [-0.2, -0.15) is 0 Å². The Kier molecular flexibility index (Phi) is 1.35. The molecule has 2 nitrogen and oxygen atoms in total. The summed E-state index contributed by atoms with van der Waals surface area (Å²) in [4.78, 5) is 10.6. The second kappa shape index (κ2) is 1.85. The van der Waals surface area contributed by atoms with Crippen molar-refractivity contribution in [2.45, 2.75) is 11.2 Å². The Balaban J connectivity index is 2.48. The molecule has 1 unspecified atom stereocenters. The Hall–Kier alpha value is -0.0105. The first-order chi connectivity index (χ1) is 3.30. The molecule has 0 aromatic heterocycles. The number of carbonyl (C=O) groups is 1. The van der Waals surface area contributed by atoms with Crippen LogP contribution >= 0.6 is 0 Å². The van der Waals surface area contributed by atoms with Crippen LogP contribution in [0.2, 0.25) is 4.82 Å². The minimum absolute atomic E-state index is 0.139. The van der Waals surface area contributed by atoms with Gasteiger partial charge in [0.05, 0.1) is 0 Å². The molecular weight excluding hydrogens is 157 g/mol. The SMILES string of the molecule is O=C1NCCC1[Se]. The maximum absolute atomic E-state index is 10.4. The monoisotopic (exact) mass is 164 g/mol. The number of rotatable bonds is 0. The summed E-state index contributed by atoms with van der Waals surface area (Å²) in [5.41, 5.74) is 0. The average molecular weight is 163 g/mol. The van der Waals surface area contributed by atoms with Gasteiger partial charge in [0.25, 0.3) is 0 Å². The summed E-state index contributed by atoms with van der Waals surface area (Å²) in [5.74, 6) is 0.153. The summed E-state index contributed by atoms with van der Waals surface area (Å²) in [5, 5.41) is 2.70. The van der Waals surface area contributed by atoms with E-state index in [0.717, 1.165) is 13.0 Å². The van der Waals surface area contributed by atoms with Crippen LogP contribution in [0.3, 0.4) is 0 Å². The normalized spacial score (nSPS) is 30.4. The molecule has 0 spiro atoms. The topological polar surface area (TPSA) is 29.1 Å². The van der Waals surface area contributed by atoms with E-state index in [2.05, 4.69) is 21.3 Å². The number of carbonyl (C=O) groups excluding carboxylic acids is 1. The van der Waals surface area contributed by atoms with Crippen LogP contribution < -0.4 is 5.32 Å². The number of hydrogen-bond acceptors (Lipinski definition) is 1. The molecule has 1 aliphatic heterocycles. The van der Waals surface area contributed by atoms with Crippen molar-refractivity contribution < 1.29 is 4.79 Å². The fourth-order valence-corrected chi connectivity index (χ4v) is 0.993. The van der Waals surface area contributed by atoms with Crippen molar-refractivity contribution in [3.63, 3.8) is 0 Å². The molecule has 0 aliphatic carbocycles. The average Bonchev–Trinajstić information content (AvgIpc) is 1.91. The van der Waals surface area contributed by atoms with Crippen molar-refractivity contribution in [2.75, 3.05) is 6.54 Å². The number of nitrogens with one attached hydrogen (secondary N) is 1. The van der Waals surface area contributed by atoms with Gasteiger partial charge in [0.1, 0.15) is 0 Å². The first-order valence-corrected chi connectivity index (χ1v) is 3.23. The van der Waals surface area contributed by atoms with E-state index in [9.17, 15) is 4.79 Å². The van der Waals surface area contributed by atoms with Gasteiger partial charge in [-0.1, -0.05) is 0 Å². The predicted molar refractivity (Wildman–Crippen MR) is 27.1 cm³/mol. The molecule has 1 rings (SSSR count). The van der Waals surface area contributed by atoms with Crippen LogP contribution in [-0.4, -0.2) is 28.5 Å². The Morgan fingerprint density at radius 1 is 1.86 bits per heavy atom. The van der Waals surface area contributed by atoms with Crippen molar-refractivity contribution in [1.82, 2.24) is 5.32 Å². The van der Waals surface area contributed by atoms with Crippen LogP contribution in [0.4, 0.5) is 0 Å². The van der Waals surface area contributed by atoms with E-state index in [1.165, 1.54) is 0 Å². The van der Waals surface area contributed by atoms with Gasteiger partial charge in [0.2, 0.25) is 0 Å². The molecule has 39 valence electrons. The van der Waals surface area contributed by atoms with Crippen LogP contribution in [0, 0.1) is 0 Å². The molecule has 1 heterocycles. The third kappa shape index (κ3) is 0.955. The fraction of sp³-hybridized carbons (Fsp3) is 0.750. The third-order valence-corrected chi connectivity index (χ3v) is 1.94. The van der Waals surface area contributed by atoms with Gasteiger partial charge in [-0.05, 0) is 0 Å². The van der Waals surface area contributed by atoms with Gasteiger partial charge >= 0.3 is 49.8 Å². The van der Waals surface area contributed by atoms with E-state index in [0.29, 0.717) is 0 Å². The van der Waals surface area contributed by atoms with Crippen LogP contribution in [0.1, 0.15) is 6.42 Å². The summed E-state index contributed by atoms with van der Waals surface area (Å²) >= 11 is 2.78. The second-order valence-corrected chi connectivity index (χ2v) is 2.76. The van der Waals surface area contributed by atoms with Gasteiger partial charge in [-0.3, -0.25) is 0 Å². The van der Waals surface area contributed by atoms with Gasteiger partial charge in [0.15, 0.2) is 0 Å². The summed E-state index contributed by atoms with van der Waals surface area (Å²) < 4.78 is 0. The molecule has 1 N–H and O–H groups in total. The van der Waals surface area contributed by atoms with E-state index >= 15 is 0 Å². The molecule has 0 aromatic rings. The molecule has 7 heavy (non-hydrogen) atoms. The number of amides is 1. The molecule has 1 radical (unpaired) electrons. The zero-order valence-electron chi connectivity index (χ0n) is 3.81. The molecule has 0 aromatic carbocycles. The van der Waals surface area contributed by atoms with Crippen molar-refractivity contribution in [3.8, 4) is 0 Å². The van der Waals surface area contributed by atoms with Crippen LogP contribution in [0.25, 0.3) is 0 Å². The van der Waals surface area contributed by atoms with Gasteiger partial charge in [-0.25, -0.2) is 0 Å². The van der Waals surface area contributed by atoms with E-state index in [1.807, 2.05) is 0 Å². The van der Waals surface area contributed by atoms with E-state index in [1.54, 1.807) is 0 Å². The molecular formula is C4H6NOSe.